The van der Waals surface area contributed by atoms with Gasteiger partial charge in [0.2, 0.25) is 0 Å². The predicted octanol–water partition coefficient (Wildman–Crippen LogP) is 6.72. The van der Waals surface area contributed by atoms with Gasteiger partial charge in [-0.25, -0.2) is 4.57 Å². The van der Waals surface area contributed by atoms with Gasteiger partial charge in [0.25, 0.3) is 0 Å². The molecule has 1 saturated carbocycles. The van der Waals surface area contributed by atoms with E-state index < -0.39 is 75.7 Å². The van der Waals surface area contributed by atoms with Crippen LogP contribution in [0.1, 0.15) is 168 Å². The molecular formula is C39H73O13P. The van der Waals surface area contributed by atoms with Crippen molar-refractivity contribution in [1.82, 2.24) is 0 Å². The van der Waals surface area contributed by atoms with Crippen LogP contribution in [-0.4, -0.2) is 98.3 Å². The number of esters is 2. The Labute approximate surface area is 318 Å². The number of hydrogen-bond donors (Lipinski definition) is 6. The van der Waals surface area contributed by atoms with Gasteiger partial charge < -0.3 is 39.9 Å². The van der Waals surface area contributed by atoms with Crippen molar-refractivity contribution in [1.29, 1.82) is 0 Å². The van der Waals surface area contributed by atoms with Crippen molar-refractivity contribution < 1.29 is 63.1 Å². The van der Waals surface area contributed by atoms with E-state index in [4.69, 9.17) is 18.5 Å². The van der Waals surface area contributed by atoms with E-state index >= 15 is 0 Å². The largest absolute Gasteiger partial charge is 0.472 e. The lowest BCUT2D eigenvalue weighted by atomic mass is 9.85. The van der Waals surface area contributed by atoms with Gasteiger partial charge in [0, 0.05) is 12.8 Å². The number of allylic oxidation sites excluding steroid dienone is 2. The van der Waals surface area contributed by atoms with Crippen molar-refractivity contribution in [2.24, 2.45) is 0 Å². The molecule has 0 aromatic heterocycles. The van der Waals surface area contributed by atoms with Gasteiger partial charge in [-0.15, -0.1) is 0 Å². The molecule has 1 rings (SSSR count). The molecule has 53 heavy (non-hydrogen) atoms. The third-order valence-corrected chi connectivity index (χ3v) is 10.6. The molecule has 0 radical (unpaired) electrons. The number of carbonyl (C=O) groups is 2. The predicted molar refractivity (Wildman–Crippen MR) is 203 cm³/mol. The molecule has 0 aromatic rings. The van der Waals surface area contributed by atoms with E-state index in [1.54, 1.807) is 0 Å². The van der Waals surface area contributed by atoms with Crippen LogP contribution in [0.3, 0.4) is 0 Å². The van der Waals surface area contributed by atoms with E-state index in [1.165, 1.54) is 83.5 Å². The first-order valence-corrected chi connectivity index (χ1v) is 22.0. The summed E-state index contributed by atoms with van der Waals surface area (Å²) in [5, 5.41) is 49.7. The van der Waals surface area contributed by atoms with E-state index in [0.717, 1.165) is 44.9 Å². The van der Waals surface area contributed by atoms with Gasteiger partial charge in [-0.1, -0.05) is 129 Å². The number of ether oxygens (including phenoxy) is 2. The summed E-state index contributed by atoms with van der Waals surface area (Å²) in [5.74, 6) is -1.13. The van der Waals surface area contributed by atoms with Gasteiger partial charge in [-0.3, -0.25) is 18.6 Å². The van der Waals surface area contributed by atoms with E-state index in [-0.39, 0.29) is 12.8 Å². The molecule has 0 aliphatic heterocycles. The minimum Gasteiger partial charge on any atom is -0.462 e. The van der Waals surface area contributed by atoms with Crippen molar-refractivity contribution in [2.75, 3.05) is 13.2 Å². The summed E-state index contributed by atoms with van der Waals surface area (Å²) < 4.78 is 33.0. The third kappa shape index (κ3) is 24.0. The maximum absolute atomic E-state index is 12.7. The Hall–Kier alpha value is -1.41. The Morgan fingerprint density at radius 2 is 0.962 bits per heavy atom. The van der Waals surface area contributed by atoms with Crippen LogP contribution in [0.15, 0.2) is 12.2 Å². The van der Waals surface area contributed by atoms with Crippen LogP contribution in [0.2, 0.25) is 0 Å². The molecule has 6 N–H and O–H groups in total. The first-order chi connectivity index (χ1) is 25.4. The molecule has 0 amide bonds. The Morgan fingerprint density at radius 3 is 1.47 bits per heavy atom. The van der Waals surface area contributed by atoms with E-state index in [1.807, 2.05) is 6.92 Å². The second-order valence-corrected chi connectivity index (χ2v) is 15.9. The Bertz CT molecular complexity index is 996. The fourth-order valence-corrected chi connectivity index (χ4v) is 7.19. The highest BCUT2D eigenvalue weighted by Gasteiger charge is 2.51. The molecule has 1 fully saturated rings. The third-order valence-electron chi connectivity index (χ3n) is 9.61. The Morgan fingerprint density at radius 1 is 0.566 bits per heavy atom. The summed E-state index contributed by atoms with van der Waals surface area (Å²) in [6, 6.07) is 0. The zero-order valence-electron chi connectivity index (χ0n) is 32.6. The average Bonchev–Trinajstić information content (AvgIpc) is 3.13. The molecule has 0 aromatic carbocycles. The lowest BCUT2D eigenvalue weighted by Crippen LogP contribution is -2.64. The molecule has 0 spiro atoms. The van der Waals surface area contributed by atoms with Gasteiger partial charge in [-0.05, 0) is 38.5 Å². The van der Waals surface area contributed by atoms with Crippen molar-refractivity contribution in [3.05, 3.63) is 12.2 Å². The zero-order chi connectivity index (χ0) is 39.3. The molecule has 0 heterocycles. The lowest BCUT2D eigenvalue weighted by Gasteiger charge is -2.41. The van der Waals surface area contributed by atoms with E-state index in [2.05, 4.69) is 19.1 Å². The summed E-state index contributed by atoms with van der Waals surface area (Å²) >= 11 is 0. The smallest absolute Gasteiger partial charge is 0.462 e. The molecule has 14 heteroatoms. The molecule has 312 valence electrons. The van der Waals surface area contributed by atoms with E-state index in [0.29, 0.717) is 12.8 Å². The number of hydrogen-bond acceptors (Lipinski definition) is 12. The van der Waals surface area contributed by atoms with Crippen molar-refractivity contribution in [3.8, 4) is 0 Å². The highest BCUT2D eigenvalue weighted by Crippen LogP contribution is 2.47. The molecule has 6 unspecified atom stereocenters. The summed E-state index contributed by atoms with van der Waals surface area (Å²) in [4.78, 5) is 35.0. The highest BCUT2D eigenvalue weighted by atomic mass is 31.2. The maximum Gasteiger partial charge on any atom is 0.472 e. The van der Waals surface area contributed by atoms with Crippen LogP contribution >= 0.6 is 7.82 Å². The molecule has 13 nitrogen and oxygen atoms in total. The summed E-state index contributed by atoms with van der Waals surface area (Å²) in [5.41, 5.74) is 0. The SMILES string of the molecule is CCCCCCCCCC/C=C\CCCCCCCCCCCC(=O)OC(COC(=O)CCCCC)COP(=O)(O)OC1C(O)C(O)C(O)C(O)C1O. The molecular weight excluding hydrogens is 707 g/mol. The second kappa shape index (κ2) is 30.8. The quantitative estimate of drug-likeness (QED) is 0.0177. The highest BCUT2D eigenvalue weighted by molar-refractivity contribution is 7.47. The van der Waals surface area contributed by atoms with Crippen LogP contribution in [0.25, 0.3) is 0 Å². The summed E-state index contributed by atoms with van der Waals surface area (Å²) in [7, 11) is -5.09. The fourth-order valence-electron chi connectivity index (χ4n) is 6.22. The van der Waals surface area contributed by atoms with Crippen LogP contribution in [0.5, 0.6) is 0 Å². The van der Waals surface area contributed by atoms with Gasteiger partial charge in [0.15, 0.2) is 6.10 Å². The van der Waals surface area contributed by atoms with Gasteiger partial charge in [0.1, 0.15) is 43.2 Å². The minimum absolute atomic E-state index is 0.0966. The number of aliphatic hydroxyl groups excluding tert-OH is 5. The number of rotatable bonds is 33. The molecule has 1 aliphatic carbocycles. The van der Waals surface area contributed by atoms with Crippen LogP contribution in [0.4, 0.5) is 0 Å². The van der Waals surface area contributed by atoms with Gasteiger partial charge in [-0.2, -0.15) is 0 Å². The zero-order valence-corrected chi connectivity index (χ0v) is 33.5. The first kappa shape index (κ1) is 49.6. The van der Waals surface area contributed by atoms with Crippen molar-refractivity contribution in [2.45, 2.75) is 211 Å². The molecule has 6 atom stereocenters. The number of carbonyl (C=O) groups excluding carboxylic acids is 2. The van der Waals surface area contributed by atoms with Gasteiger partial charge >= 0.3 is 19.8 Å². The van der Waals surface area contributed by atoms with Crippen molar-refractivity contribution in [3.63, 3.8) is 0 Å². The summed E-state index contributed by atoms with van der Waals surface area (Å²) in [6.07, 6.45) is 16.9. The molecule has 0 saturated heterocycles. The van der Waals surface area contributed by atoms with Crippen LogP contribution in [0, 0.1) is 0 Å². The second-order valence-electron chi connectivity index (χ2n) is 14.5. The minimum atomic E-state index is -5.09. The number of phosphoric acid groups is 1. The number of aliphatic hydroxyl groups is 5. The average molecular weight is 781 g/mol. The van der Waals surface area contributed by atoms with E-state index in [9.17, 15) is 44.6 Å². The van der Waals surface area contributed by atoms with Crippen LogP contribution in [-0.2, 0) is 32.7 Å². The normalized spacial score (nSPS) is 23.5. The first-order valence-electron chi connectivity index (χ1n) is 20.5. The number of unbranched alkanes of at least 4 members (excludes halogenated alkanes) is 19. The van der Waals surface area contributed by atoms with Crippen LogP contribution < -0.4 is 0 Å². The van der Waals surface area contributed by atoms with Gasteiger partial charge in [0.05, 0.1) is 6.61 Å². The maximum atomic E-state index is 12.7. The Kier molecular flexibility index (Phi) is 28.8. The Balaban J connectivity index is 2.31. The molecule has 0 bridgehead atoms. The molecule has 1 aliphatic rings. The number of phosphoric ester groups is 1. The standard InChI is InChI=1S/C39H73O13P/c1-3-5-7-8-9-10-11-12-13-14-15-16-17-18-19-20-21-22-23-24-26-28-33(41)51-31(29-49-32(40)27-25-6-4-2)30-50-53(47,48)52-39-37(45)35(43)34(42)36(44)38(39)46/h14-15,31,34-39,42-46H,3-13,16-30H2,1-2H3,(H,47,48)/b15-14-. The van der Waals surface area contributed by atoms with Crippen molar-refractivity contribution >= 4 is 19.8 Å². The fraction of sp³-hybridized carbons (Fsp3) is 0.897. The lowest BCUT2D eigenvalue weighted by molar-refractivity contribution is -0.220. The monoisotopic (exact) mass is 780 g/mol. The summed E-state index contributed by atoms with van der Waals surface area (Å²) in [6.45, 7) is 3.07. The topological polar surface area (TPSA) is 210 Å².